The molecule has 2 fully saturated rings. The van der Waals surface area contributed by atoms with Gasteiger partial charge in [-0.1, -0.05) is 39.0 Å². The number of nitrogens with one attached hydrogen (secondary N) is 1. The second kappa shape index (κ2) is 6.90. The number of nitrogens with zero attached hydrogens (tertiary/aromatic N) is 1. The van der Waals surface area contributed by atoms with E-state index >= 15 is 0 Å². The number of carbonyl (C=O) groups excluding carboxylic acids is 2. The molecule has 0 saturated heterocycles. The van der Waals surface area contributed by atoms with Crippen molar-refractivity contribution in [3.8, 4) is 5.75 Å². The molecule has 1 amide bonds. The summed E-state index contributed by atoms with van der Waals surface area (Å²) >= 11 is 0. The summed E-state index contributed by atoms with van der Waals surface area (Å²) in [6, 6.07) is 7.65. The van der Waals surface area contributed by atoms with Crippen LogP contribution < -0.4 is 10.2 Å². The normalized spacial score (nSPS) is 31.2. The van der Waals surface area contributed by atoms with Crippen molar-refractivity contribution >= 4 is 17.6 Å². The van der Waals surface area contributed by atoms with Gasteiger partial charge in [0.05, 0.1) is 5.92 Å². The van der Waals surface area contributed by atoms with E-state index in [2.05, 4.69) is 31.3 Å². The first-order valence-corrected chi connectivity index (χ1v) is 10.0. The summed E-state index contributed by atoms with van der Waals surface area (Å²) < 4.78 is 10.8. The van der Waals surface area contributed by atoms with E-state index in [0.29, 0.717) is 12.3 Å². The Morgan fingerprint density at radius 2 is 2.04 bits per heavy atom. The Morgan fingerprint density at radius 1 is 1.25 bits per heavy atom. The van der Waals surface area contributed by atoms with E-state index in [1.165, 1.54) is 6.42 Å². The summed E-state index contributed by atoms with van der Waals surface area (Å²) in [6.45, 7) is 6.78. The molecule has 2 aliphatic carbocycles. The summed E-state index contributed by atoms with van der Waals surface area (Å²) in [6.07, 6.45) is 3.83. The van der Waals surface area contributed by atoms with Gasteiger partial charge in [0.1, 0.15) is 12.4 Å². The highest BCUT2D eigenvalue weighted by Gasteiger charge is 2.60. The number of para-hydroxylation sites is 1. The molecule has 3 aliphatic rings. The van der Waals surface area contributed by atoms with Gasteiger partial charge >= 0.3 is 5.97 Å². The molecule has 3 atom stereocenters. The molecule has 3 unspecified atom stereocenters. The lowest BCUT2D eigenvalue weighted by Gasteiger charge is -2.34. The minimum absolute atomic E-state index is 0.0362. The lowest BCUT2D eigenvalue weighted by molar-refractivity contribution is -0.153. The Bertz CT molecular complexity index is 832. The molecule has 1 heterocycles. The molecule has 0 aromatic heterocycles. The molecule has 6 heteroatoms. The van der Waals surface area contributed by atoms with Crippen molar-refractivity contribution in [2.75, 3.05) is 13.2 Å². The molecule has 2 bridgehead atoms. The predicted octanol–water partition coefficient (Wildman–Crippen LogP) is 3.10. The monoisotopic (exact) mass is 384 g/mol. The third-order valence-corrected chi connectivity index (χ3v) is 7.39. The van der Waals surface area contributed by atoms with Gasteiger partial charge in [0.25, 0.3) is 5.91 Å². The summed E-state index contributed by atoms with van der Waals surface area (Å²) in [4.78, 5) is 24.4. The maximum Gasteiger partial charge on any atom is 0.313 e. The van der Waals surface area contributed by atoms with Crippen LogP contribution in [-0.4, -0.2) is 30.8 Å². The third-order valence-electron chi connectivity index (χ3n) is 7.39. The van der Waals surface area contributed by atoms with Gasteiger partial charge in [-0.25, -0.2) is 5.43 Å². The lowest BCUT2D eigenvalue weighted by atomic mass is 9.70. The van der Waals surface area contributed by atoms with Crippen LogP contribution in [0, 0.1) is 22.7 Å². The van der Waals surface area contributed by atoms with Crippen molar-refractivity contribution < 1.29 is 19.1 Å². The smallest absolute Gasteiger partial charge is 0.313 e. The zero-order valence-corrected chi connectivity index (χ0v) is 16.8. The minimum atomic E-state index is -0.412. The van der Waals surface area contributed by atoms with Gasteiger partial charge < -0.3 is 9.47 Å². The number of hydrogen-bond acceptors (Lipinski definition) is 5. The molecule has 150 valence electrons. The number of rotatable bonds is 4. The number of esters is 1. The molecule has 6 nitrogen and oxygen atoms in total. The average molecular weight is 384 g/mol. The molecule has 4 rings (SSSR count). The molecular formula is C22H28N2O4. The molecule has 0 radical (unpaired) electrons. The summed E-state index contributed by atoms with van der Waals surface area (Å²) in [5.74, 6) is 0.231. The van der Waals surface area contributed by atoms with Crippen LogP contribution in [0.5, 0.6) is 5.75 Å². The Hall–Kier alpha value is -2.37. The van der Waals surface area contributed by atoms with Crippen LogP contribution in [0.3, 0.4) is 0 Å². The van der Waals surface area contributed by atoms with Crippen molar-refractivity contribution in [2.45, 2.75) is 46.5 Å². The maximum absolute atomic E-state index is 12.3. The van der Waals surface area contributed by atoms with Crippen LogP contribution >= 0.6 is 0 Å². The molecule has 1 aromatic rings. The summed E-state index contributed by atoms with van der Waals surface area (Å²) in [5.41, 5.74) is 4.88. The Balaban J connectivity index is 1.28. The molecule has 28 heavy (non-hydrogen) atoms. The van der Waals surface area contributed by atoms with Gasteiger partial charge in [0, 0.05) is 11.1 Å². The highest BCUT2D eigenvalue weighted by Crippen LogP contribution is 2.63. The van der Waals surface area contributed by atoms with Crippen LogP contribution in [-0.2, 0) is 20.7 Å². The molecule has 1 aliphatic heterocycles. The highest BCUT2D eigenvalue weighted by molar-refractivity contribution is 5.95. The molecule has 1 N–H and O–H groups in total. The zero-order valence-electron chi connectivity index (χ0n) is 16.8. The third kappa shape index (κ3) is 3.09. The number of hydrazone groups is 1. The summed E-state index contributed by atoms with van der Waals surface area (Å²) in [5, 5.41) is 4.39. The van der Waals surface area contributed by atoms with E-state index in [1.54, 1.807) is 0 Å². The number of ether oxygens (including phenoxy) is 2. The first-order valence-electron chi connectivity index (χ1n) is 10.0. The quantitative estimate of drug-likeness (QED) is 0.639. The zero-order chi connectivity index (χ0) is 19.9. The van der Waals surface area contributed by atoms with Crippen LogP contribution in [0.25, 0.3) is 0 Å². The number of amides is 1. The molecular weight excluding hydrogens is 356 g/mol. The Labute approximate surface area is 165 Å². The number of carbonyl (C=O) groups is 2. The van der Waals surface area contributed by atoms with Crippen LogP contribution in [0.1, 0.15) is 45.6 Å². The average Bonchev–Trinajstić information content (AvgIpc) is 3.03. The summed E-state index contributed by atoms with van der Waals surface area (Å²) in [7, 11) is 0. The molecule has 1 aromatic carbocycles. The van der Waals surface area contributed by atoms with Crippen LogP contribution in [0.4, 0.5) is 0 Å². The van der Waals surface area contributed by atoms with Crippen LogP contribution in [0.2, 0.25) is 0 Å². The van der Waals surface area contributed by atoms with Crippen molar-refractivity contribution in [1.82, 2.24) is 5.43 Å². The molecule has 0 spiro atoms. The van der Waals surface area contributed by atoms with Gasteiger partial charge in [0.15, 0.2) is 6.61 Å². The predicted molar refractivity (Wildman–Crippen MR) is 105 cm³/mol. The van der Waals surface area contributed by atoms with Crippen molar-refractivity contribution in [3.63, 3.8) is 0 Å². The van der Waals surface area contributed by atoms with Gasteiger partial charge in [-0.3, -0.25) is 9.59 Å². The number of benzene rings is 1. The Morgan fingerprint density at radius 3 is 2.75 bits per heavy atom. The Kier molecular flexibility index (Phi) is 4.68. The van der Waals surface area contributed by atoms with Crippen molar-refractivity contribution in [1.29, 1.82) is 0 Å². The van der Waals surface area contributed by atoms with E-state index < -0.39 is 11.9 Å². The largest absolute Gasteiger partial charge is 0.492 e. The van der Waals surface area contributed by atoms with Gasteiger partial charge in [0.2, 0.25) is 0 Å². The standard InChI is InChI=1S/C22H28N2O4/c1-21(2)16-8-9-22(21,3)18(11-16)23-24-19(25)13-28-20(26)15-10-14-6-4-5-7-17(14)27-12-15/h4-7,15-16H,8-13H2,1-3H3,(H,24,25)/b23-18-. The van der Waals surface area contributed by atoms with Gasteiger partial charge in [-0.2, -0.15) is 5.10 Å². The second-order valence-corrected chi connectivity index (χ2v) is 9.01. The SMILES string of the molecule is CC12CCC(C/C1=N/NC(=O)COC(=O)C1COc3ccccc3C1)C2(C)C. The first-order chi connectivity index (χ1) is 13.3. The first kappa shape index (κ1) is 19.0. The number of fused-ring (bicyclic) bond motifs is 3. The lowest BCUT2D eigenvalue weighted by Crippen LogP contribution is -2.35. The van der Waals surface area contributed by atoms with E-state index in [-0.39, 0.29) is 30.0 Å². The molecule has 2 saturated carbocycles. The fraction of sp³-hybridized carbons (Fsp3) is 0.591. The number of hydrogen-bond donors (Lipinski definition) is 1. The topological polar surface area (TPSA) is 77.0 Å². The van der Waals surface area contributed by atoms with E-state index in [0.717, 1.165) is 29.9 Å². The van der Waals surface area contributed by atoms with Crippen molar-refractivity contribution in [3.05, 3.63) is 29.8 Å². The minimum Gasteiger partial charge on any atom is -0.492 e. The van der Waals surface area contributed by atoms with Crippen LogP contribution in [0.15, 0.2) is 29.4 Å². The van der Waals surface area contributed by atoms with E-state index in [4.69, 9.17) is 9.47 Å². The second-order valence-electron chi connectivity index (χ2n) is 9.01. The fourth-order valence-electron chi connectivity index (χ4n) is 4.99. The van der Waals surface area contributed by atoms with E-state index in [9.17, 15) is 9.59 Å². The van der Waals surface area contributed by atoms with Crippen molar-refractivity contribution in [2.24, 2.45) is 27.8 Å². The fourth-order valence-corrected chi connectivity index (χ4v) is 4.99. The highest BCUT2D eigenvalue weighted by atomic mass is 16.5. The van der Waals surface area contributed by atoms with Gasteiger partial charge in [-0.15, -0.1) is 0 Å². The maximum atomic E-state index is 12.3. The van der Waals surface area contributed by atoms with Gasteiger partial charge in [-0.05, 0) is 48.6 Å². The van der Waals surface area contributed by atoms with E-state index in [1.807, 2.05) is 24.3 Å².